The lowest BCUT2D eigenvalue weighted by molar-refractivity contribution is 0.673. The van der Waals surface area contributed by atoms with E-state index in [-0.39, 0.29) is 48.8 Å². The Labute approximate surface area is 741 Å². The summed E-state index contributed by atoms with van der Waals surface area (Å²) in [6.07, 6.45) is 35.7. The molecule has 8 heterocycles. The highest BCUT2D eigenvalue weighted by Crippen LogP contribution is 2.43. The maximum Gasteiger partial charge on any atom is 0.165 e. The second kappa shape index (κ2) is 39.6. The van der Waals surface area contributed by atoms with E-state index in [1.807, 2.05) is 112 Å². The number of fused-ring (bicyclic) bond motifs is 4. The van der Waals surface area contributed by atoms with Crippen LogP contribution in [-0.2, 0) is 0 Å². The molecule has 8 aliphatic rings. The molecule has 0 amide bonds. The summed E-state index contributed by atoms with van der Waals surface area (Å²) in [5.41, 5.74) is 28.8. The highest BCUT2D eigenvalue weighted by Gasteiger charge is 2.40. The quantitative estimate of drug-likeness (QED) is 0.119. The first-order valence-electron chi connectivity index (χ1n) is 43.2. The van der Waals surface area contributed by atoms with Gasteiger partial charge in [0.1, 0.15) is 24.3 Å². The minimum Gasteiger partial charge on any atom is -0.334 e. The molecule has 12 nitrogen and oxygen atoms in total. The van der Waals surface area contributed by atoms with Gasteiger partial charge in [-0.3, -0.25) is 29.9 Å². The summed E-state index contributed by atoms with van der Waals surface area (Å²) in [7, 11) is 0. The number of anilines is 4. The molecule has 0 saturated carbocycles. The number of pyridine rings is 4. The van der Waals surface area contributed by atoms with E-state index in [4.69, 9.17) is 34.9 Å². The highest BCUT2D eigenvalue weighted by molar-refractivity contribution is 6.08. The van der Waals surface area contributed by atoms with E-state index in [9.17, 15) is 0 Å². The third kappa shape index (κ3) is 19.7. The maximum atomic E-state index is 4.97. The smallest absolute Gasteiger partial charge is 0.165 e. The van der Waals surface area contributed by atoms with Gasteiger partial charge in [0.25, 0.3) is 0 Å². The van der Waals surface area contributed by atoms with E-state index in [2.05, 4.69) is 403 Å². The van der Waals surface area contributed by atoms with Crippen molar-refractivity contribution in [3.8, 4) is 44.8 Å². The zero-order valence-corrected chi connectivity index (χ0v) is 71.7. The van der Waals surface area contributed by atoms with Crippen LogP contribution in [0.4, 0.5) is 22.9 Å². The molecule has 8 unspecified atom stereocenters. The van der Waals surface area contributed by atoms with Crippen LogP contribution < -0.4 is 19.6 Å². The number of nitrogens with zero attached hydrogens (tertiary/aromatic N) is 12. The van der Waals surface area contributed by atoms with Crippen LogP contribution in [0.2, 0.25) is 0 Å². The standard InChI is InChI=1S/C20H18N2.3C19H17N3.C19H16.C18H15N/c1-15-11-13-17(14-12-15)22-19-10-6-5-9-18(19)21-20(22)16-7-3-2-4-8-16;1-14-8-7-12-17(20-14)19-21-16-11-5-6-13-18(16)22(19)15-9-3-2-4-10-15;1-14-8-7-13-18(20-14)22-17-12-6-5-11-16(17)21-19(22)15-9-3-2-4-10-15;1-14-11-12-16(13-20-14)22-18-10-6-5-9-17(18)21-19(22)15-7-3-2-4-8-15;1-15-12-18(16-8-4-2-5-9-16)14-19(13-15)17-10-6-3-7-11-17;1-14-12-17(15-8-4-2-5-9-15)19-18(13-14)16-10-6-3-7-11-16/h2-14,19-20H,1H3;2-13,18-19H,1H3;2-13,17,19H,1H3;2-13,18-19H,1H3;2-14H,1H3;2-13H,1H3. The van der Waals surface area contributed by atoms with E-state index in [0.717, 1.165) is 79.6 Å². The normalized spacial score (nSPS) is 18.9. The summed E-state index contributed by atoms with van der Waals surface area (Å²) < 4.78 is 0. The Balaban J connectivity index is 0.000000107. The SMILES string of the molecule is Cc1cc(-c2ccccc2)cc(-c2ccccc2)c1.Cc1cc(-c2ccccc2)nc(-c2ccccc2)c1.Cc1ccc(N2C3C=CC=CC3=NC2c2ccccc2)cc1.Cc1ccc(N2C3C=CC=CC3=NC2c2ccccc2)cn1.Cc1cccc(C2N=C3C=CC=CC3N2c2ccccc2)n1.Cc1cccc(N2C3C=CC=CC3=NC2c2ccccc2)n1. The highest BCUT2D eigenvalue weighted by atomic mass is 15.4. The fraction of sp³-hybridized carbons (Fsp3) is 0.123. The number of aryl methyl sites for hydroxylation is 6. The van der Waals surface area contributed by atoms with Gasteiger partial charge in [0.05, 0.1) is 76.0 Å². The summed E-state index contributed by atoms with van der Waals surface area (Å²) in [5, 5.41) is 0. The fourth-order valence-corrected chi connectivity index (χ4v) is 16.8. The van der Waals surface area contributed by atoms with Gasteiger partial charge in [-0.05, 0) is 195 Å². The van der Waals surface area contributed by atoms with Crippen molar-refractivity contribution in [1.29, 1.82) is 0 Å². The van der Waals surface area contributed by atoms with Crippen LogP contribution in [0.1, 0.15) is 80.8 Å². The average molecular weight is 1640 g/mol. The van der Waals surface area contributed by atoms with Gasteiger partial charge in [0, 0.05) is 39.6 Å². The van der Waals surface area contributed by atoms with Crippen LogP contribution in [0.3, 0.4) is 0 Å². The van der Waals surface area contributed by atoms with Crippen LogP contribution in [0.5, 0.6) is 0 Å². The second-order valence-corrected chi connectivity index (χ2v) is 32.0. The van der Waals surface area contributed by atoms with Gasteiger partial charge in [-0.15, -0.1) is 0 Å². The number of hydrogen-bond donors (Lipinski definition) is 0. The topological polar surface area (TPSA) is 114 Å². The second-order valence-electron chi connectivity index (χ2n) is 32.0. The summed E-state index contributed by atoms with van der Waals surface area (Å²) in [4.78, 5) is 47.7. The first kappa shape index (κ1) is 82.9. The van der Waals surface area contributed by atoms with Crippen molar-refractivity contribution in [3.63, 3.8) is 0 Å². The minimum atomic E-state index is -0.0744. The Kier molecular flexibility index (Phi) is 26.1. The van der Waals surface area contributed by atoms with Crippen molar-refractivity contribution in [1.82, 2.24) is 19.9 Å². The van der Waals surface area contributed by atoms with E-state index < -0.39 is 0 Å². The number of para-hydroxylation sites is 1. The molecular weight excluding hydrogens is 1540 g/mol. The zero-order chi connectivity index (χ0) is 85.9. The molecule has 4 aliphatic heterocycles. The number of hydrogen-bond acceptors (Lipinski definition) is 12. The number of benzene rings is 10. The summed E-state index contributed by atoms with van der Waals surface area (Å²) >= 11 is 0. The largest absolute Gasteiger partial charge is 0.334 e. The van der Waals surface area contributed by atoms with Crippen LogP contribution >= 0.6 is 0 Å². The van der Waals surface area contributed by atoms with E-state index in [1.54, 1.807) is 0 Å². The molecule has 0 N–H and O–H groups in total. The molecule has 12 heteroatoms. The number of aromatic nitrogens is 4. The molecular formula is C114H100N12. The van der Waals surface area contributed by atoms with Gasteiger partial charge >= 0.3 is 0 Å². The molecule has 616 valence electrons. The minimum absolute atomic E-state index is 0.00175. The van der Waals surface area contributed by atoms with Gasteiger partial charge in [0.15, 0.2) is 6.17 Å². The van der Waals surface area contributed by atoms with Gasteiger partial charge in [-0.1, -0.05) is 345 Å². The van der Waals surface area contributed by atoms with Crippen molar-refractivity contribution < 1.29 is 0 Å². The number of allylic oxidation sites excluding steroid dienone is 8. The molecule has 8 atom stereocenters. The Morgan fingerprint density at radius 3 is 1.00 bits per heavy atom. The lowest BCUT2D eigenvalue weighted by Gasteiger charge is -2.31. The van der Waals surface area contributed by atoms with Crippen LogP contribution in [0.25, 0.3) is 44.8 Å². The van der Waals surface area contributed by atoms with E-state index in [1.165, 1.54) is 67.0 Å². The molecule has 0 fully saturated rings. The molecule has 22 rings (SSSR count). The van der Waals surface area contributed by atoms with Gasteiger partial charge in [0.2, 0.25) is 0 Å². The van der Waals surface area contributed by atoms with Gasteiger partial charge < -0.3 is 19.6 Å². The predicted octanol–water partition coefficient (Wildman–Crippen LogP) is 26.0. The third-order valence-electron chi connectivity index (χ3n) is 22.8. The molecule has 4 aromatic heterocycles. The molecule has 0 radical (unpaired) electrons. The third-order valence-corrected chi connectivity index (χ3v) is 22.8. The fourth-order valence-electron chi connectivity index (χ4n) is 16.8. The number of rotatable bonds is 12. The molecule has 0 saturated heterocycles. The lowest BCUT2D eigenvalue weighted by atomic mass is 9.97. The molecule has 4 aliphatic carbocycles. The summed E-state index contributed by atoms with van der Waals surface area (Å²) in [6, 6.07) is 120. The van der Waals surface area contributed by atoms with Gasteiger partial charge in [-0.25, -0.2) is 9.97 Å². The Bertz CT molecular complexity index is 6070. The summed E-state index contributed by atoms with van der Waals surface area (Å²) in [5.74, 6) is 0.970. The Hall–Kier alpha value is -15.4. The molecule has 0 bridgehead atoms. The first-order chi connectivity index (χ1) is 62.0. The molecule has 0 spiro atoms. The first-order valence-corrected chi connectivity index (χ1v) is 43.2. The maximum absolute atomic E-state index is 4.97. The number of aliphatic imine (C=N–C) groups is 4. The van der Waals surface area contributed by atoms with Crippen molar-refractivity contribution >= 4 is 45.7 Å². The Morgan fingerprint density at radius 1 is 0.230 bits per heavy atom. The lowest BCUT2D eigenvalue weighted by Crippen LogP contribution is -2.36. The molecule has 126 heavy (non-hydrogen) atoms. The predicted molar refractivity (Wildman–Crippen MR) is 525 cm³/mol. The monoisotopic (exact) mass is 1640 g/mol. The zero-order valence-electron chi connectivity index (χ0n) is 71.7. The van der Waals surface area contributed by atoms with Crippen molar-refractivity contribution in [2.75, 3.05) is 19.6 Å². The van der Waals surface area contributed by atoms with Crippen molar-refractivity contribution in [2.24, 2.45) is 20.0 Å². The summed E-state index contributed by atoms with van der Waals surface area (Å²) in [6.45, 7) is 12.4. The average Bonchev–Trinajstić information content (AvgIpc) is 1.63. The van der Waals surface area contributed by atoms with Gasteiger partial charge in [-0.2, -0.15) is 0 Å². The van der Waals surface area contributed by atoms with Crippen molar-refractivity contribution in [2.45, 2.75) is 90.4 Å². The van der Waals surface area contributed by atoms with E-state index in [0.29, 0.717) is 0 Å². The van der Waals surface area contributed by atoms with Crippen LogP contribution in [0.15, 0.2) is 469 Å². The van der Waals surface area contributed by atoms with Crippen LogP contribution in [0, 0.1) is 41.5 Å². The molecule has 10 aromatic carbocycles. The molecule has 14 aromatic rings. The van der Waals surface area contributed by atoms with Crippen molar-refractivity contribution in [3.05, 3.63) is 505 Å². The Morgan fingerprint density at radius 2 is 0.579 bits per heavy atom. The van der Waals surface area contributed by atoms with Crippen LogP contribution in [-0.4, -0.2) is 67.0 Å². The van der Waals surface area contributed by atoms with E-state index >= 15 is 0 Å².